The Morgan fingerprint density at radius 2 is 2.00 bits per heavy atom. The first-order valence-corrected chi connectivity index (χ1v) is 7.09. The molecule has 0 aromatic heterocycles. The van der Waals surface area contributed by atoms with Crippen molar-refractivity contribution in [3.63, 3.8) is 0 Å². The van der Waals surface area contributed by atoms with Crippen LogP contribution in [0.25, 0.3) is 0 Å². The first kappa shape index (κ1) is 14.8. The molecule has 0 aliphatic carbocycles. The number of carbonyl (C=O) groups is 1. The van der Waals surface area contributed by atoms with E-state index in [1.165, 1.54) is 6.07 Å². The largest absolute Gasteiger partial charge is 0.508 e. The Morgan fingerprint density at radius 1 is 1.30 bits per heavy atom. The first-order valence-electron chi connectivity index (χ1n) is 7.09. The van der Waals surface area contributed by atoms with Crippen LogP contribution in [0.2, 0.25) is 0 Å². The van der Waals surface area contributed by atoms with Crippen molar-refractivity contribution in [1.82, 2.24) is 9.80 Å². The molecule has 1 amide bonds. The number of nitrogens with zero attached hydrogens (tertiary/aromatic N) is 2. The maximum atomic E-state index is 12.3. The van der Waals surface area contributed by atoms with Gasteiger partial charge in [-0.3, -0.25) is 9.69 Å². The molecule has 1 aliphatic rings. The lowest BCUT2D eigenvalue weighted by molar-refractivity contribution is 0.0523. The molecule has 5 heteroatoms. The molecular formula is C15H22N2O3. The molecule has 0 bridgehead atoms. The predicted molar refractivity (Wildman–Crippen MR) is 76.7 cm³/mol. The fourth-order valence-corrected chi connectivity index (χ4v) is 2.38. The van der Waals surface area contributed by atoms with Gasteiger partial charge in [0, 0.05) is 38.3 Å². The third-order valence-corrected chi connectivity index (χ3v) is 3.69. The molecular weight excluding hydrogens is 256 g/mol. The van der Waals surface area contributed by atoms with Crippen LogP contribution in [0.15, 0.2) is 24.3 Å². The minimum atomic E-state index is -0.289. The highest BCUT2D eigenvalue weighted by atomic mass is 16.3. The molecule has 1 unspecified atom stereocenters. The predicted octanol–water partition coefficient (Wildman–Crippen LogP) is 0.921. The summed E-state index contributed by atoms with van der Waals surface area (Å²) in [6.07, 6.45) is 0.464. The van der Waals surface area contributed by atoms with Crippen molar-refractivity contribution in [1.29, 1.82) is 0 Å². The van der Waals surface area contributed by atoms with E-state index in [4.69, 9.17) is 0 Å². The molecule has 1 aliphatic heterocycles. The number of benzene rings is 1. The minimum Gasteiger partial charge on any atom is -0.508 e. The van der Waals surface area contributed by atoms with Crippen molar-refractivity contribution in [2.45, 2.75) is 19.4 Å². The summed E-state index contributed by atoms with van der Waals surface area (Å²) in [5.41, 5.74) is 0.520. The van der Waals surface area contributed by atoms with Gasteiger partial charge in [-0.25, -0.2) is 0 Å². The minimum absolute atomic E-state index is 0.0448. The Hall–Kier alpha value is -1.59. The Balaban J connectivity index is 1.89. The number of phenols is 1. The summed E-state index contributed by atoms with van der Waals surface area (Å²) < 4.78 is 0. The number of piperazine rings is 1. The van der Waals surface area contributed by atoms with Gasteiger partial charge in [0.05, 0.1) is 6.10 Å². The maximum Gasteiger partial charge on any atom is 0.254 e. The lowest BCUT2D eigenvalue weighted by atomic mass is 10.1. The summed E-state index contributed by atoms with van der Waals surface area (Å²) in [6.45, 7) is 5.51. The van der Waals surface area contributed by atoms with Gasteiger partial charge in [-0.1, -0.05) is 13.0 Å². The van der Waals surface area contributed by atoms with Gasteiger partial charge in [-0.15, -0.1) is 0 Å². The molecule has 1 fully saturated rings. The Morgan fingerprint density at radius 3 is 2.60 bits per heavy atom. The number of hydrogen-bond acceptors (Lipinski definition) is 4. The van der Waals surface area contributed by atoms with Crippen LogP contribution in [-0.4, -0.2) is 64.7 Å². The standard InChI is InChI=1S/C15H22N2O3/c1-2-13(18)11-16-6-8-17(9-7-16)15(20)12-4-3-5-14(19)10-12/h3-5,10,13,18-19H,2,6-9,11H2,1H3. The molecule has 0 saturated carbocycles. The number of carbonyl (C=O) groups excluding carboxylic acids is 1. The van der Waals surface area contributed by atoms with Crippen LogP contribution in [0.1, 0.15) is 23.7 Å². The van der Waals surface area contributed by atoms with Gasteiger partial charge in [0.2, 0.25) is 0 Å². The molecule has 1 aromatic rings. The Bertz CT molecular complexity index is 456. The number of phenolic OH excluding ortho intramolecular Hbond substituents is 1. The summed E-state index contributed by atoms with van der Waals surface area (Å²) in [5.74, 6) is 0.0668. The van der Waals surface area contributed by atoms with Crippen LogP contribution < -0.4 is 0 Å². The van der Waals surface area contributed by atoms with Crippen molar-refractivity contribution < 1.29 is 15.0 Å². The molecule has 1 saturated heterocycles. The molecule has 2 rings (SSSR count). The number of aliphatic hydroxyl groups is 1. The Kier molecular flexibility index (Phi) is 4.98. The molecule has 110 valence electrons. The molecule has 2 N–H and O–H groups in total. The number of aliphatic hydroxyl groups excluding tert-OH is 1. The van der Waals surface area contributed by atoms with E-state index in [9.17, 15) is 15.0 Å². The van der Waals surface area contributed by atoms with Crippen LogP contribution in [0.3, 0.4) is 0 Å². The molecule has 20 heavy (non-hydrogen) atoms. The lowest BCUT2D eigenvalue weighted by Gasteiger charge is -2.35. The average Bonchev–Trinajstić information content (AvgIpc) is 2.47. The van der Waals surface area contributed by atoms with Crippen LogP contribution in [-0.2, 0) is 0 Å². The second-order valence-corrected chi connectivity index (χ2v) is 5.21. The van der Waals surface area contributed by atoms with E-state index in [1.807, 2.05) is 6.92 Å². The highest BCUT2D eigenvalue weighted by molar-refractivity contribution is 5.94. The van der Waals surface area contributed by atoms with Gasteiger partial charge >= 0.3 is 0 Å². The average molecular weight is 278 g/mol. The van der Waals surface area contributed by atoms with Crippen LogP contribution in [0.4, 0.5) is 0 Å². The zero-order chi connectivity index (χ0) is 14.5. The molecule has 1 aromatic carbocycles. The van der Waals surface area contributed by atoms with Gasteiger partial charge in [-0.2, -0.15) is 0 Å². The van der Waals surface area contributed by atoms with Crippen LogP contribution in [0.5, 0.6) is 5.75 Å². The van der Waals surface area contributed by atoms with Gasteiger partial charge in [0.25, 0.3) is 5.91 Å². The van der Waals surface area contributed by atoms with Crippen LogP contribution >= 0.6 is 0 Å². The summed E-state index contributed by atoms with van der Waals surface area (Å²) in [5, 5.41) is 19.1. The quantitative estimate of drug-likeness (QED) is 0.859. The Labute approximate surface area is 119 Å². The third kappa shape index (κ3) is 3.71. The van der Waals surface area contributed by atoms with Crippen molar-refractivity contribution in [3.05, 3.63) is 29.8 Å². The lowest BCUT2D eigenvalue weighted by Crippen LogP contribution is -2.50. The van der Waals surface area contributed by atoms with Gasteiger partial charge < -0.3 is 15.1 Å². The number of β-amino-alcohol motifs (C(OH)–C–C–N with tert-alkyl or cyclic N) is 1. The molecule has 1 heterocycles. The number of amides is 1. The monoisotopic (exact) mass is 278 g/mol. The normalized spacial score (nSPS) is 18.0. The number of hydrogen-bond donors (Lipinski definition) is 2. The summed E-state index contributed by atoms with van der Waals surface area (Å²) >= 11 is 0. The van der Waals surface area contributed by atoms with E-state index < -0.39 is 0 Å². The zero-order valence-electron chi connectivity index (χ0n) is 11.8. The zero-order valence-corrected chi connectivity index (χ0v) is 11.8. The molecule has 0 spiro atoms. The van der Waals surface area contributed by atoms with E-state index in [2.05, 4.69) is 4.90 Å². The number of rotatable bonds is 4. The fourth-order valence-electron chi connectivity index (χ4n) is 2.38. The van der Waals surface area contributed by atoms with Crippen molar-refractivity contribution in [3.8, 4) is 5.75 Å². The summed E-state index contributed by atoms with van der Waals surface area (Å²) in [7, 11) is 0. The highest BCUT2D eigenvalue weighted by Gasteiger charge is 2.23. The highest BCUT2D eigenvalue weighted by Crippen LogP contribution is 2.14. The molecule has 5 nitrogen and oxygen atoms in total. The first-order chi connectivity index (χ1) is 9.60. The van der Waals surface area contributed by atoms with Crippen molar-refractivity contribution >= 4 is 5.91 Å². The third-order valence-electron chi connectivity index (χ3n) is 3.69. The van der Waals surface area contributed by atoms with E-state index in [-0.39, 0.29) is 17.8 Å². The van der Waals surface area contributed by atoms with Gasteiger partial charge in [0.15, 0.2) is 0 Å². The summed E-state index contributed by atoms with van der Waals surface area (Å²) in [4.78, 5) is 16.3. The van der Waals surface area contributed by atoms with Crippen LogP contribution in [0, 0.1) is 0 Å². The fraction of sp³-hybridized carbons (Fsp3) is 0.533. The summed E-state index contributed by atoms with van der Waals surface area (Å²) in [6, 6.07) is 6.45. The smallest absolute Gasteiger partial charge is 0.254 e. The second kappa shape index (κ2) is 6.72. The second-order valence-electron chi connectivity index (χ2n) is 5.21. The van der Waals surface area contributed by atoms with E-state index in [1.54, 1.807) is 23.1 Å². The van der Waals surface area contributed by atoms with Crippen molar-refractivity contribution in [2.75, 3.05) is 32.7 Å². The van der Waals surface area contributed by atoms with E-state index in [0.29, 0.717) is 25.2 Å². The van der Waals surface area contributed by atoms with Gasteiger partial charge in [-0.05, 0) is 24.6 Å². The SMILES string of the molecule is CCC(O)CN1CCN(C(=O)c2cccc(O)c2)CC1. The number of aromatic hydroxyl groups is 1. The topological polar surface area (TPSA) is 64.0 Å². The molecule has 1 atom stereocenters. The van der Waals surface area contributed by atoms with E-state index in [0.717, 1.165) is 19.5 Å². The van der Waals surface area contributed by atoms with Gasteiger partial charge in [0.1, 0.15) is 5.75 Å². The van der Waals surface area contributed by atoms with Crippen molar-refractivity contribution in [2.24, 2.45) is 0 Å². The van der Waals surface area contributed by atoms with E-state index >= 15 is 0 Å². The molecule has 0 radical (unpaired) electrons. The maximum absolute atomic E-state index is 12.3.